The Morgan fingerprint density at radius 3 is 1.50 bits per heavy atom. The average molecular weight is 255 g/mol. The van der Waals surface area contributed by atoms with Gasteiger partial charge in [0.05, 0.1) is 0 Å². The van der Waals surface area contributed by atoms with E-state index in [4.69, 9.17) is 0 Å². The van der Waals surface area contributed by atoms with Crippen LogP contribution in [-0.4, -0.2) is 12.1 Å². The van der Waals surface area contributed by atoms with E-state index in [-0.39, 0.29) is 5.54 Å². The average Bonchev–Trinajstić information content (AvgIpc) is 2.17. The molecular formula is C17H37N. The minimum Gasteiger partial charge on any atom is -0.312 e. The summed E-state index contributed by atoms with van der Waals surface area (Å²) in [6, 6.07) is 0. The van der Waals surface area contributed by atoms with Gasteiger partial charge in [-0.1, -0.05) is 59.3 Å². The number of unbranched alkanes of at least 4 members (excludes halogenated alkanes) is 6. The minimum atomic E-state index is 0.285. The summed E-state index contributed by atoms with van der Waals surface area (Å²) in [5.41, 5.74) is 0.811. The van der Waals surface area contributed by atoms with Gasteiger partial charge in [0.2, 0.25) is 0 Å². The third kappa shape index (κ3) is 16.0. The molecule has 0 bridgehead atoms. The second kappa shape index (κ2) is 8.96. The second-order valence-corrected chi connectivity index (χ2v) is 7.96. The van der Waals surface area contributed by atoms with Crippen LogP contribution in [0.5, 0.6) is 0 Å². The maximum Gasteiger partial charge on any atom is 0.00965 e. The largest absolute Gasteiger partial charge is 0.312 e. The molecule has 0 radical (unpaired) electrons. The van der Waals surface area contributed by atoms with E-state index in [9.17, 15) is 0 Å². The molecule has 18 heavy (non-hydrogen) atoms. The minimum absolute atomic E-state index is 0.285. The Morgan fingerprint density at radius 1 is 0.611 bits per heavy atom. The normalized spacial score (nSPS) is 13.0. The fraction of sp³-hybridized carbons (Fsp3) is 1.00. The highest BCUT2D eigenvalue weighted by molar-refractivity contribution is 4.69. The van der Waals surface area contributed by atoms with Crippen molar-refractivity contribution >= 4 is 0 Å². The summed E-state index contributed by atoms with van der Waals surface area (Å²) in [7, 11) is 0. The number of rotatable bonds is 9. The van der Waals surface area contributed by atoms with Crippen molar-refractivity contribution < 1.29 is 0 Å². The first-order valence-electron chi connectivity index (χ1n) is 7.96. The van der Waals surface area contributed by atoms with Gasteiger partial charge in [0.15, 0.2) is 0 Å². The van der Waals surface area contributed by atoms with Crippen molar-refractivity contribution in [3.63, 3.8) is 0 Å². The summed E-state index contributed by atoms with van der Waals surface area (Å²) < 4.78 is 0. The first kappa shape index (κ1) is 18.0. The van der Waals surface area contributed by atoms with Gasteiger partial charge in [0.1, 0.15) is 0 Å². The van der Waals surface area contributed by atoms with Crippen LogP contribution >= 0.6 is 0 Å². The molecule has 0 aliphatic carbocycles. The molecule has 0 atom stereocenters. The molecule has 0 aliphatic rings. The van der Waals surface area contributed by atoms with Crippen LogP contribution in [0.1, 0.15) is 92.9 Å². The van der Waals surface area contributed by atoms with Crippen molar-refractivity contribution in [2.75, 3.05) is 6.54 Å². The van der Waals surface area contributed by atoms with Crippen molar-refractivity contribution in [2.45, 2.75) is 98.4 Å². The highest BCUT2D eigenvalue weighted by Crippen LogP contribution is 2.22. The molecule has 0 amide bonds. The lowest BCUT2D eigenvalue weighted by Gasteiger charge is -2.20. The molecule has 1 nitrogen and oxygen atoms in total. The van der Waals surface area contributed by atoms with E-state index in [0.717, 1.165) is 0 Å². The summed E-state index contributed by atoms with van der Waals surface area (Å²) in [4.78, 5) is 0. The quantitative estimate of drug-likeness (QED) is 0.533. The topological polar surface area (TPSA) is 12.0 Å². The molecule has 1 N–H and O–H groups in total. The zero-order valence-electron chi connectivity index (χ0n) is 13.9. The molecule has 0 rings (SSSR count). The number of nitrogens with one attached hydrogen (secondary N) is 1. The van der Waals surface area contributed by atoms with Gasteiger partial charge in [-0.2, -0.15) is 0 Å². The Balaban J connectivity index is 3.13. The third-order valence-corrected chi connectivity index (χ3v) is 3.26. The standard InChI is InChI=1S/C17H37N/c1-16(2,3)14-12-10-8-7-9-11-13-15-18-17(4,5)6/h18H,7-15H2,1-6H3. The number of hydrogen-bond acceptors (Lipinski definition) is 1. The van der Waals surface area contributed by atoms with E-state index in [1.54, 1.807) is 0 Å². The van der Waals surface area contributed by atoms with Gasteiger partial charge in [-0.3, -0.25) is 0 Å². The number of hydrogen-bond donors (Lipinski definition) is 1. The monoisotopic (exact) mass is 255 g/mol. The van der Waals surface area contributed by atoms with E-state index in [1.807, 2.05) is 0 Å². The zero-order chi connectivity index (χ0) is 14.1. The molecule has 0 saturated heterocycles. The molecule has 1 heteroatoms. The van der Waals surface area contributed by atoms with Crippen LogP contribution in [0.4, 0.5) is 0 Å². The smallest absolute Gasteiger partial charge is 0.00965 e. The fourth-order valence-corrected chi connectivity index (χ4v) is 2.13. The van der Waals surface area contributed by atoms with E-state index in [1.165, 1.54) is 57.9 Å². The van der Waals surface area contributed by atoms with Crippen LogP contribution in [0.2, 0.25) is 0 Å². The molecule has 110 valence electrons. The van der Waals surface area contributed by atoms with E-state index >= 15 is 0 Å². The van der Waals surface area contributed by atoms with Gasteiger partial charge in [0.25, 0.3) is 0 Å². The highest BCUT2D eigenvalue weighted by Gasteiger charge is 2.08. The van der Waals surface area contributed by atoms with Crippen LogP contribution in [0, 0.1) is 5.41 Å². The predicted molar refractivity (Wildman–Crippen MR) is 84.1 cm³/mol. The van der Waals surface area contributed by atoms with Crippen LogP contribution in [0.25, 0.3) is 0 Å². The molecule has 0 aromatic heterocycles. The molecule has 0 aliphatic heterocycles. The van der Waals surface area contributed by atoms with Crippen molar-refractivity contribution in [1.82, 2.24) is 5.32 Å². The summed E-state index contributed by atoms with van der Waals surface area (Å²) in [5, 5.41) is 3.55. The Bertz CT molecular complexity index is 161. The lowest BCUT2D eigenvalue weighted by Crippen LogP contribution is -2.36. The Kier molecular flexibility index (Phi) is 8.94. The Labute approximate surface area is 116 Å². The van der Waals surface area contributed by atoms with E-state index in [0.29, 0.717) is 5.41 Å². The highest BCUT2D eigenvalue weighted by atomic mass is 14.9. The Morgan fingerprint density at radius 2 is 1.06 bits per heavy atom. The molecule has 0 fully saturated rings. The Hall–Kier alpha value is -0.0400. The second-order valence-electron chi connectivity index (χ2n) is 7.96. The van der Waals surface area contributed by atoms with Crippen molar-refractivity contribution in [2.24, 2.45) is 5.41 Å². The molecule has 0 saturated carbocycles. The molecular weight excluding hydrogens is 218 g/mol. The summed E-state index contributed by atoms with van der Waals surface area (Å²) >= 11 is 0. The molecule has 0 aromatic rings. The van der Waals surface area contributed by atoms with Crippen molar-refractivity contribution in [1.29, 1.82) is 0 Å². The molecule has 0 spiro atoms. The predicted octanol–water partition coefficient (Wildman–Crippen LogP) is 5.54. The third-order valence-electron chi connectivity index (χ3n) is 3.26. The first-order chi connectivity index (χ1) is 8.21. The van der Waals surface area contributed by atoms with Gasteiger partial charge in [0, 0.05) is 5.54 Å². The summed E-state index contributed by atoms with van der Waals surface area (Å²) in [6.45, 7) is 14.9. The zero-order valence-corrected chi connectivity index (χ0v) is 13.9. The van der Waals surface area contributed by atoms with Gasteiger partial charge in [-0.05, 0) is 45.6 Å². The van der Waals surface area contributed by atoms with E-state index in [2.05, 4.69) is 46.9 Å². The summed E-state index contributed by atoms with van der Waals surface area (Å²) in [6.07, 6.45) is 11.2. The van der Waals surface area contributed by atoms with Gasteiger partial charge in [-0.15, -0.1) is 0 Å². The van der Waals surface area contributed by atoms with Crippen LogP contribution in [-0.2, 0) is 0 Å². The van der Waals surface area contributed by atoms with Crippen molar-refractivity contribution in [3.05, 3.63) is 0 Å². The van der Waals surface area contributed by atoms with Gasteiger partial charge in [-0.25, -0.2) is 0 Å². The first-order valence-corrected chi connectivity index (χ1v) is 7.96. The van der Waals surface area contributed by atoms with Crippen LogP contribution in [0.15, 0.2) is 0 Å². The molecule has 0 heterocycles. The van der Waals surface area contributed by atoms with Crippen LogP contribution in [0.3, 0.4) is 0 Å². The molecule has 0 unspecified atom stereocenters. The molecule has 0 aromatic carbocycles. The maximum absolute atomic E-state index is 3.55. The van der Waals surface area contributed by atoms with Gasteiger partial charge < -0.3 is 5.32 Å². The van der Waals surface area contributed by atoms with Crippen molar-refractivity contribution in [3.8, 4) is 0 Å². The lowest BCUT2D eigenvalue weighted by atomic mass is 9.89. The fourth-order valence-electron chi connectivity index (χ4n) is 2.13. The maximum atomic E-state index is 3.55. The summed E-state index contributed by atoms with van der Waals surface area (Å²) in [5.74, 6) is 0. The lowest BCUT2D eigenvalue weighted by molar-refractivity contribution is 0.356. The van der Waals surface area contributed by atoms with E-state index < -0.39 is 0 Å². The van der Waals surface area contributed by atoms with Crippen LogP contribution < -0.4 is 5.32 Å². The SMILES string of the molecule is CC(C)(C)CCCCCCCCCNC(C)(C)C. The van der Waals surface area contributed by atoms with Gasteiger partial charge >= 0.3 is 0 Å².